The Bertz CT molecular complexity index is 608. The average molecular weight is 280 g/mol. The molecule has 4 nitrogen and oxygen atoms in total. The number of hydrogen-bond acceptors (Lipinski definition) is 4. The number of carbonyl (C=O) groups is 1. The van der Waals surface area contributed by atoms with Crippen molar-refractivity contribution >= 4 is 38.7 Å². The van der Waals surface area contributed by atoms with Gasteiger partial charge in [0.05, 0.1) is 16.0 Å². The number of amides is 1. The van der Waals surface area contributed by atoms with Crippen LogP contribution in [0.25, 0.3) is 0 Å². The van der Waals surface area contributed by atoms with Crippen molar-refractivity contribution in [1.82, 2.24) is 4.98 Å². The molecule has 1 unspecified atom stereocenters. The zero-order valence-corrected chi connectivity index (χ0v) is 11.3. The number of anilines is 1. The van der Waals surface area contributed by atoms with Gasteiger partial charge in [-0.3, -0.25) is 10.1 Å². The van der Waals surface area contributed by atoms with Gasteiger partial charge in [0, 0.05) is 0 Å². The van der Waals surface area contributed by atoms with E-state index in [-0.39, 0.29) is 27.7 Å². The van der Waals surface area contributed by atoms with E-state index in [1.807, 2.05) is 6.26 Å². The second-order valence-electron chi connectivity index (χ2n) is 3.59. The number of phenolic OH excluding ortho intramolecular Hbond substituents is 1. The van der Waals surface area contributed by atoms with E-state index >= 15 is 0 Å². The summed E-state index contributed by atoms with van der Waals surface area (Å²) in [7, 11) is -0.116. The minimum atomic E-state index is -0.367. The van der Waals surface area contributed by atoms with Crippen molar-refractivity contribution in [2.24, 2.45) is 0 Å². The van der Waals surface area contributed by atoms with Crippen LogP contribution < -0.4 is 5.32 Å². The lowest BCUT2D eigenvalue weighted by molar-refractivity contribution is 0.102. The maximum absolute atomic E-state index is 11.9. The molecule has 1 atom stereocenters. The molecule has 0 fully saturated rings. The highest BCUT2D eigenvalue weighted by atomic mass is 32.2. The van der Waals surface area contributed by atoms with Crippen LogP contribution >= 0.6 is 21.8 Å². The third-order valence-electron chi connectivity index (χ3n) is 2.20. The van der Waals surface area contributed by atoms with Crippen LogP contribution in [0.2, 0.25) is 0 Å². The van der Waals surface area contributed by atoms with Crippen LogP contribution in [0.4, 0.5) is 5.13 Å². The number of rotatable bonds is 3. The maximum Gasteiger partial charge on any atom is 0.261 e. The third-order valence-corrected chi connectivity index (χ3v) is 4.80. The summed E-state index contributed by atoms with van der Waals surface area (Å²) in [5.41, 5.74) is 0.236. The van der Waals surface area contributed by atoms with Crippen LogP contribution in [0.3, 0.4) is 0 Å². The summed E-state index contributed by atoms with van der Waals surface area (Å²) in [5, 5.41) is 12.7. The number of para-hydroxylation sites is 1. The van der Waals surface area contributed by atoms with Crippen LogP contribution in [0.1, 0.15) is 10.4 Å². The van der Waals surface area contributed by atoms with Crippen molar-refractivity contribution in [3.8, 4) is 5.75 Å². The van der Waals surface area contributed by atoms with Gasteiger partial charge in [0.1, 0.15) is 5.75 Å². The van der Waals surface area contributed by atoms with Gasteiger partial charge in [-0.15, -0.1) is 0 Å². The van der Waals surface area contributed by atoms with Crippen LogP contribution in [0.5, 0.6) is 5.75 Å². The minimum absolute atomic E-state index is 0.0424. The Balaban J connectivity index is 2.16. The standard InChI is InChI=1S/C12H12N2O2S2/c1-18(2)10-7-13-12(17-10)14-11(16)8-5-3-4-6-9(8)15/h3-7,15H,1H2,2H3,(H,13,14,16). The molecule has 0 saturated carbocycles. The van der Waals surface area contributed by atoms with E-state index < -0.39 is 0 Å². The number of hydrogen-bond donors (Lipinski definition) is 2. The topological polar surface area (TPSA) is 62.2 Å². The fraction of sp³-hybridized carbons (Fsp3) is 0.0833. The van der Waals surface area contributed by atoms with Crippen molar-refractivity contribution in [2.75, 3.05) is 11.6 Å². The van der Waals surface area contributed by atoms with E-state index in [9.17, 15) is 9.90 Å². The van der Waals surface area contributed by atoms with Gasteiger partial charge >= 0.3 is 0 Å². The van der Waals surface area contributed by atoms with Crippen molar-refractivity contribution in [1.29, 1.82) is 0 Å². The molecule has 94 valence electrons. The highest BCUT2D eigenvalue weighted by molar-refractivity contribution is 8.14. The molecule has 2 rings (SSSR count). The lowest BCUT2D eigenvalue weighted by Crippen LogP contribution is -2.11. The molecule has 0 aliphatic carbocycles. The summed E-state index contributed by atoms with van der Waals surface area (Å²) in [6, 6.07) is 6.40. The zero-order chi connectivity index (χ0) is 13.1. The highest BCUT2D eigenvalue weighted by Gasteiger charge is 2.12. The van der Waals surface area contributed by atoms with Gasteiger partial charge in [-0.05, 0) is 18.4 Å². The van der Waals surface area contributed by atoms with Crippen molar-refractivity contribution in [2.45, 2.75) is 4.21 Å². The van der Waals surface area contributed by atoms with Crippen LogP contribution in [-0.4, -0.2) is 28.1 Å². The molecule has 2 N–H and O–H groups in total. The molecule has 0 aliphatic heterocycles. The first-order chi connectivity index (χ1) is 8.58. The van der Waals surface area contributed by atoms with E-state index in [4.69, 9.17) is 0 Å². The van der Waals surface area contributed by atoms with Gasteiger partial charge in [-0.25, -0.2) is 4.98 Å². The fourth-order valence-electron chi connectivity index (χ4n) is 1.31. The van der Waals surface area contributed by atoms with Crippen LogP contribution in [-0.2, 0) is 0 Å². The molecule has 1 amide bonds. The molecule has 1 heterocycles. The molecule has 6 heteroatoms. The quantitative estimate of drug-likeness (QED) is 0.850. The Morgan fingerprint density at radius 3 is 2.83 bits per heavy atom. The monoisotopic (exact) mass is 280 g/mol. The number of thiazole rings is 1. The Labute approximate surface area is 111 Å². The van der Waals surface area contributed by atoms with Crippen molar-refractivity contribution in [3.63, 3.8) is 0 Å². The fourth-order valence-corrected chi connectivity index (χ4v) is 2.89. The molecule has 0 spiro atoms. The first kappa shape index (κ1) is 12.8. The summed E-state index contributed by atoms with van der Waals surface area (Å²) < 4.78 is 1.03. The second-order valence-corrected chi connectivity index (χ2v) is 6.60. The normalized spacial score (nSPS) is 12.1. The van der Waals surface area contributed by atoms with Gasteiger partial charge in [-0.2, -0.15) is 10.5 Å². The molecule has 0 radical (unpaired) electrons. The number of aromatic hydroxyl groups is 1. The molecule has 0 aliphatic rings. The highest BCUT2D eigenvalue weighted by Crippen LogP contribution is 2.30. The minimum Gasteiger partial charge on any atom is -0.507 e. The Morgan fingerprint density at radius 2 is 2.22 bits per heavy atom. The lowest BCUT2D eigenvalue weighted by atomic mass is 10.2. The van der Waals surface area contributed by atoms with Crippen LogP contribution in [0.15, 0.2) is 34.7 Å². The van der Waals surface area contributed by atoms with E-state index in [0.717, 1.165) is 4.21 Å². The SMILES string of the molecule is C=S(C)c1cnc(NC(=O)c2ccccc2O)s1. The number of carbonyl (C=O) groups excluding carboxylic acids is 1. The average Bonchev–Trinajstić information content (AvgIpc) is 2.78. The molecule has 18 heavy (non-hydrogen) atoms. The molecule has 1 aromatic heterocycles. The number of phenols is 1. The molecule has 0 saturated heterocycles. The summed E-state index contributed by atoms with van der Waals surface area (Å²) in [4.78, 5) is 16.0. The molecular formula is C12H12N2O2S2. The largest absolute Gasteiger partial charge is 0.507 e. The number of nitrogens with zero attached hydrogens (tertiary/aromatic N) is 1. The molecule has 2 aromatic rings. The van der Waals surface area contributed by atoms with E-state index in [0.29, 0.717) is 5.13 Å². The molecule has 1 aromatic carbocycles. The Kier molecular flexibility index (Phi) is 3.78. The van der Waals surface area contributed by atoms with Crippen LogP contribution in [0, 0.1) is 0 Å². The summed E-state index contributed by atoms with van der Waals surface area (Å²) in [6.07, 6.45) is 3.70. The summed E-state index contributed by atoms with van der Waals surface area (Å²) in [5.74, 6) is 3.51. The van der Waals surface area contributed by atoms with Crippen molar-refractivity contribution < 1.29 is 9.90 Å². The van der Waals surface area contributed by atoms with E-state index in [2.05, 4.69) is 16.2 Å². The zero-order valence-electron chi connectivity index (χ0n) is 9.71. The second kappa shape index (κ2) is 5.32. The van der Waals surface area contributed by atoms with Gasteiger partial charge < -0.3 is 5.11 Å². The maximum atomic E-state index is 11.9. The van der Waals surface area contributed by atoms with Gasteiger partial charge in [0.25, 0.3) is 5.91 Å². The third kappa shape index (κ3) is 2.77. The molecular weight excluding hydrogens is 268 g/mol. The first-order valence-corrected chi connectivity index (χ1v) is 7.70. The lowest BCUT2D eigenvalue weighted by Gasteiger charge is -2.03. The van der Waals surface area contributed by atoms with Gasteiger partial charge in [-0.1, -0.05) is 29.3 Å². The Morgan fingerprint density at radius 1 is 1.50 bits per heavy atom. The molecule has 0 bridgehead atoms. The van der Waals surface area contributed by atoms with Gasteiger partial charge in [0.15, 0.2) is 5.13 Å². The predicted octanol–water partition coefficient (Wildman–Crippen LogP) is 2.79. The number of nitrogens with one attached hydrogen (secondary N) is 1. The first-order valence-electron chi connectivity index (χ1n) is 5.08. The summed E-state index contributed by atoms with van der Waals surface area (Å²) >= 11 is 1.39. The van der Waals surface area contributed by atoms with Gasteiger partial charge in [0.2, 0.25) is 0 Å². The smallest absolute Gasteiger partial charge is 0.261 e. The summed E-state index contributed by atoms with van der Waals surface area (Å²) in [6.45, 7) is 0. The van der Waals surface area contributed by atoms with Crippen molar-refractivity contribution in [3.05, 3.63) is 36.0 Å². The van der Waals surface area contributed by atoms with E-state index in [1.54, 1.807) is 24.4 Å². The number of benzene rings is 1. The predicted molar refractivity (Wildman–Crippen MR) is 77.1 cm³/mol. The Hall–Kier alpha value is -1.66. The van der Waals surface area contributed by atoms with E-state index in [1.165, 1.54) is 17.4 Å². The number of aromatic nitrogens is 1.